The molecule has 0 aromatic heterocycles. The lowest BCUT2D eigenvalue weighted by atomic mass is 9.85. The molecule has 2 aliphatic rings. The van der Waals surface area contributed by atoms with Gasteiger partial charge >= 0.3 is 0 Å². The minimum atomic E-state index is -3.65. The van der Waals surface area contributed by atoms with Crippen LogP contribution in [0.4, 0.5) is 0 Å². The highest BCUT2D eigenvalue weighted by atomic mass is 35.5. The molecule has 8 heteroatoms. The molecule has 0 bridgehead atoms. The van der Waals surface area contributed by atoms with Gasteiger partial charge in [0.25, 0.3) is 10.0 Å². The normalized spacial score (nSPS) is 25.7. The van der Waals surface area contributed by atoms with E-state index in [1.54, 1.807) is 12.1 Å². The molecule has 0 radical (unpaired) electrons. The Morgan fingerprint density at radius 2 is 1.96 bits per heavy atom. The summed E-state index contributed by atoms with van der Waals surface area (Å²) >= 11 is 5.80. The van der Waals surface area contributed by atoms with Gasteiger partial charge in [0.05, 0.1) is 18.2 Å². The summed E-state index contributed by atoms with van der Waals surface area (Å²) in [4.78, 5) is 6.81. The van der Waals surface area contributed by atoms with Gasteiger partial charge in [0.1, 0.15) is 0 Å². The Morgan fingerprint density at radius 1 is 1.25 bits per heavy atom. The van der Waals surface area contributed by atoms with Crippen molar-refractivity contribution >= 4 is 27.6 Å². The SMILES string of the molecule is C[C@@H]1CCCC[C@H]1N1CN=C(NS(=O)(=O)c2ccc(Cl)cc2)NC1. The number of hydrogen-bond acceptors (Lipinski definition) is 5. The van der Waals surface area contributed by atoms with Crippen molar-refractivity contribution in [2.24, 2.45) is 10.9 Å². The van der Waals surface area contributed by atoms with Crippen LogP contribution in [0.2, 0.25) is 5.02 Å². The van der Waals surface area contributed by atoms with Crippen molar-refractivity contribution in [3.63, 3.8) is 0 Å². The predicted octanol–water partition coefficient (Wildman–Crippen LogP) is 2.37. The maximum atomic E-state index is 12.4. The van der Waals surface area contributed by atoms with Crippen molar-refractivity contribution < 1.29 is 8.42 Å². The van der Waals surface area contributed by atoms with E-state index in [-0.39, 0.29) is 4.90 Å². The average molecular weight is 371 g/mol. The third kappa shape index (κ3) is 4.02. The number of aliphatic imine (C=N–C) groups is 1. The zero-order valence-electron chi connectivity index (χ0n) is 13.7. The van der Waals surface area contributed by atoms with Crippen LogP contribution < -0.4 is 10.0 Å². The first kappa shape index (κ1) is 17.5. The molecule has 2 atom stereocenters. The molecule has 1 aliphatic heterocycles. The van der Waals surface area contributed by atoms with Crippen LogP contribution in [-0.2, 0) is 10.0 Å². The van der Waals surface area contributed by atoms with Gasteiger partial charge in [0.2, 0.25) is 5.96 Å². The van der Waals surface area contributed by atoms with E-state index >= 15 is 0 Å². The van der Waals surface area contributed by atoms with E-state index in [9.17, 15) is 8.42 Å². The first-order chi connectivity index (χ1) is 11.5. The largest absolute Gasteiger partial charge is 0.343 e. The Bertz CT molecular complexity index is 705. The van der Waals surface area contributed by atoms with Gasteiger partial charge in [-0.2, -0.15) is 0 Å². The quantitative estimate of drug-likeness (QED) is 0.856. The van der Waals surface area contributed by atoms with Gasteiger partial charge in [0, 0.05) is 11.1 Å². The summed E-state index contributed by atoms with van der Waals surface area (Å²) < 4.78 is 27.2. The Kier molecular flexibility index (Phi) is 5.32. The van der Waals surface area contributed by atoms with Gasteiger partial charge in [-0.05, 0) is 43.0 Å². The van der Waals surface area contributed by atoms with Gasteiger partial charge < -0.3 is 5.32 Å². The molecule has 1 saturated carbocycles. The third-order valence-electron chi connectivity index (χ3n) is 4.75. The number of nitrogens with one attached hydrogen (secondary N) is 2. The first-order valence-electron chi connectivity index (χ1n) is 8.26. The van der Waals surface area contributed by atoms with Crippen LogP contribution in [0.15, 0.2) is 34.2 Å². The molecule has 0 spiro atoms. The summed E-state index contributed by atoms with van der Waals surface area (Å²) in [5.74, 6) is 0.952. The fourth-order valence-electron chi connectivity index (χ4n) is 3.37. The Hall–Kier alpha value is -1.31. The molecule has 1 aliphatic carbocycles. The molecule has 24 heavy (non-hydrogen) atoms. The van der Waals surface area contributed by atoms with Crippen molar-refractivity contribution in [3.8, 4) is 0 Å². The number of benzene rings is 1. The molecule has 132 valence electrons. The van der Waals surface area contributed by atoms with Crippen LogP contribution in [0.25, 0.3) is 0 Å². The van der Waals surface area contributed by atoms with Crippen LogP contribution in [0, 0.1) is 5.92 Å². The lowest BCUT2D eigenvalue weighted by Crippen LogP contribution is -2.54. The predicted molar refractivity (Wildman–Crippen MR) is 95.3 cm³/mol. The van der Waals surface area contributed by atoms with Crippen LogP contribution in [0.1, 0.15) is 32.6 Å². The summed E-state index contributed by atoms with van der Waals surface area (Å²) in [6, 6.07) is 6.58. The van der Waals surface area contributed by atoms with Crippen molar-refractivity contribution in [1.82, 2.24) is 14.9 Å². The van der Waals surface area contributed by atoms with Gasteiger partial charge in [-0.1, -0.05) is 31.4 Å². The summed E-state index contributed by atoms with van der Waals surface area (Å²) in [5, 5.41) is 3.58. The van der Waals surface area contributed by atoms with Crippen LogP contribution in [-0.4, -0.2) is 38.7 Å². The monoisotopic (exact) mass is 370 g/mol. The summed E-state index contributed by atoms with van der Waals surface area (Å²) in [5.41, 5.74) is 0. The van der Waals surface area contributed by atoms with Crippen LogP contribution >= 0.6 is 11.6 Å². The van der Waals surface area contributed by atoms with E-state index in [4.69, 9.17) is 11.6 Å². The number of halogens is 1. The third-order valence-corrected chi connectivity index (χ3v) is 6.36. The van der Waals surface area contributed by atoms with E-state index < -0.39 is 10.0 Å². The van der Waals surface area contributed by atoms with Crippen LogP contribution in [0.3, 0.4) is 0 Å². The standard InChI is InChI=1S/C16H23ClN4O2S/c1-12-4-2-3-5-15(12)21-10-18-16(19-11-21)20-24(22,23)14-8-6-13(17)7-9-14/h6-9,12,15H,2-5,10-11H2,1H3,(H2,18,19,20)/t12-,15-/m1/s1. The number of rotatable bonds is 3. The van der Waals surface area contributed by atoms with Crippen molar-refractivity contribution in [2.45, 2.75) is 43.5 Å². The van der Waals surface area contributed by atoms with Crippen molar-refractivity contribution in [3.05, 3.63) is 29.3 Å². The summed E-state index contributed by atoms with van der Waals surface area (Å²) in [7, 11) is -3.65. The zero-order valence-corrected chi connectivity index (χ0v) is 15.3. The zero-order chi connectivity index (χ0) is 17.2. The number of guanidine groups is 1. The smallest absolute Gasteiger partial charge is 0.264 e. The summed E-state index contributed by atoms with van der Waals surface area (Å²) in [6.07, 6.45) is 4.99. The molecule has 6 nitrogen and oxygen atoms in total. The lowest BCUT2D eigenvalue weighted by Gasteiger charge is -2.39. The Morgan fingerprint density at radius 3 is 2.58 bits per heavy atom. The first-order valence-corrected chi connectivity index (χ1v) is 10.1. The van der Waals surface area contributed by atoms with Gasteiger partial charge in [-0.25, -0.2) is 18.1 Å². The molecule has 0 amide bonds. The highest BCUT2D eigenvalue weighted by Crippen LogP contribution is 2.28. The second kappa shape index (κ2) is 7.29. The minimum Gasteiger partial charge on any atom is -0.343 e. The maximum absolute atomic E-state index is 12.4. The highest BCUT2D eigenvalue weighted by Gasteiger charge is 2.29. The number of nitrogens with zero attached hydrogens (tertiary/aromatic N) is 2. The van der Waals surface area contributed by atoms with E-state index in [0.29, 0.717) is 36.3 Å². The van der Waals surface area contributed by atoms with Gasteiger partial charge in [-0.15, -0.1) is 0 Å². The fourth-order valence-corrected chi connectivity index (χ4v) is 4.50. The molecule has 0 saturated heterocycles. The molecule has 1 heterocycles. The van der Waals surface area contributed by atoms with Gasteiger partial charge in [0.15, 0.2) is 0 Å². The van der Waals surface area contributed by atoms with Crippen molar-refractivity contribution in [2.75, 3.05) is 13.3 Å². The highest BCUT2D eigenvalue weighted by molar-refractivity contribution is 7.90. The molecular weight excluding hydrogens is 348 g/mol. The van der Waals surface area contributed by atoms with E-state index in [1.165, 1.54) is 37.8 Å². The second-order valence-electron chi connectivity index (χ2n) is 6.46. The van der Waals surface area contributed by atoms with Crippen LogP contribution in [0.5, 0.6) is 0 Å². The number of sulfonamides is 1. The summed E-state index contributed by atoms with van der Waals surface area (Å²) in [6.45, 7) is 3.41. The minimum absolute atomic E-state index is 0.166. The molecule has 1 fully saturated rings. The van der Waals surface area contributed by atoms with E-state index in [0.717, 1.165) is 0 Å². The molecule has 3 rings (SSSR count). The Balaban J connectivity index is 1.63. The Labute approximate surface area is 148 Å². The topological polar surface area (TPSA) is 73.8 Å². The maximum Gasteiger partial charge on any atom is 0.264 e. The fraction of sp³-hybridized carbons (Fsp3) is 0.562. The molecule has 2 N–H and O–H groups in total. The molecular formula is C16H23ClN4O2S. The number of hydrogen-bond donors (Lipinski definition) is 2. The van der Waals surface area contributed by atoms with Gasteiger partial charge in [-0.3, -0.25) is 4.90 Å². The average Bonchev–Trinajstić information content (AvgIpc) is 2.56. The van der Waals surface area contributed by atoms with Crippen molar-refractivity contribution in [1.29, 1.82) is 0 Å². The molecule has 1 aromatic rings. The van der Waals surface area contributed by atoms with E-state index in [2.05, 4.69) is 26.9 Å². The van der Waals surface area contributed by atoms with E-state index in [1.807, 2.05) is 0 Å². The second-order valence-corrected chi connectivity index (χ2v) is 8.58. The lowest BCUT2D eigenvalue weighted by molar-refractivity contribution is 0.106. The molecule has 0 unspecified atom stereocenters. The molecule has 1 aromatic carbocycles.